The molecule has 0 N–H and O–H groups in total. The summed E-state index contributed by atoms with van der Waals surface area (Å²) in [4.78, 5) is 46.6. The zero-order chi connectivity index (χ0) is 66.5. The number of hydrogen-bond donors (Lipinski definition) is 0. The molecule has 12 heteroatoms. The number of nitriles is 1. The van der Waals surface area contributed by atoms with E-state index in [1.807, 2.05) is 206 Å². The molecule has 0 aliphatic rings. The summed E-state index contributed by atoms with van der Waals surface area (Å²) >= 11 is 0. The van der Waals surface area contributed by atoms with Crippen molar-refractivity contribution < 1.29 is 0 Å². The smallest absolute Gasteiger partial charge is 0.164 e. The van der Waals surface area contributed by atoms with Gasteiger partial charge < -0.3 is 9.13 Å². The van der Waals surface area contributed by atoms with Gasteiger partial charge in [0.2, 0.25) is 0 Å². The highest BCUT2D eigenvalue weighted by atomic mass is 15.1. The third-order valence-corrected chi connectivity index (χ3v) is 18.3. The molecule has 0 saturated heterocycles. The highest BCUT2D eigenvalue weighted by Crippen LogP contribution is 2.45. The summed E-state index contributed by atoms with van der Waals surface area (Å²) in [5.74, 6) is 5.04. The molecule has 0 spiro atoms. The predicted molar refractivity (Wildman–Crippen MR) is 400 cm³/mol. The van der Waals surface area contributed by atoms with Gasteiger partial charge in [-0.05, 0) is 90.0 Å². The van der Waals surface area contributed by atoms with Crippen molar-refractivity contribution in [1.82, 2.24) is 54.0 Å². The maximum absolute atomic E-state index is 10.8. The highest BCUT2D eigenvalue weighted by Gasteiger charge is 2.26. The first-order chi connectivity index (χ1) is 49.5. The van der Waals surface area contributed by atoms with Crippen molar-refractivity contribution in [2.45, 2.75) is 0 Å². The van der Waals surface area contributed by atoms with Crippen LogP contribution in [0.3, 0.4) is 0 Å². The number of benzene rings is 13. The minimum atomic E-state index is 0.504. The van der Waals surface area contributed by atoms with E-state index in [2.05, 4.69) is 137 Å². The van der Waals surface area contributed by atoms with Crippen molar-refractivity contribution in [2.75, 3.05) is 0 Å². The molecule has 12 nitrogen and oxygen atoms in total. The molecule has 466 valence electrons. The molecule has 0 aliphatic carbocycles. The van der Waals surface area contributed by atoms with Crippen LogP contribution in [-0.4, -0.2) is 54.0 Å². The topological polar surface area (TPSA) is 150 Å². The van der Waals surface area contributed by atoms with Gasteiger partial charge in [-0.3, -0.25) is 0 Å². The first-order valence-corrected chi connectivity index (χ1v) is 33.0. The van der Waals surface area contributed by atoms with Gasteiger partial charge in [0, 0.05) is 82.7 Å². The Kier molecular flexibility index (Phi) is 14.6. The fourth-order valence-electron chi connectivity index (χ4n) is 13.6. The second kappa shape index (κ2) is 25.0. The minimum absolute atomic E-state index is 0.504. The van der Waals surface area contributed by atoms with E-state index in [0.717, 1.165) is 127 Å². The van der Waals surface area contributed by atoms with Crippen molar-refractivity contribution in [2.24, 2.45) is 0 Å². The fraction of sp³-hybridized carbons (Fsp3) is 0. The van der Waals surface area contributed by atoms with Crippen LogP contribution in [0.5, 0.6) is 0 Å². The molecule has 0 atom stereocenters. The molecule has 0 bridgehead atoms. The number of rotatable bonds is 13. The monoisotopic (exact) mass is 1280 g/mol. The average Bonchev–Trinajstić information content (AvgIpc) is 1.57. The first kappa shape index (κ1) is 58.5. The molecule has 5 heterocycles. The molecule has 0 fully saturated rings. The lowest BCUT2D eigenvalue weighted by Crippen LogP contribution is -2.04. The summed E-state index contributed by atoms with van der Waals surface area (Å²) < 4.78 is 4.73. The van der Waals surface area contributed by atoms with E-state index in [1.165, 1.54) is 0 Å². The summed E-state index contributed by atoms with van der Waals surface area (Å²) in [6.07, 6.45) is 0. The number of para-hydroxylation sites is 2. The maximum Gasteiger partial charge on any atom is 0.164 e. The molecule has 0 radical (unpaired) electrons. The predicted octanol–water partition coefficient (Wildman–Crippen LogP) is 20.6. The van der Waals surface area contributed by atoms with E-state index in [4.69, 9.17) is 44.9 Å². The van der Waals surface area contributed by atoms with E-state index >= 15 is 0 Å². The third-order valence-electron chi connectivity index (χ3n) is 18.3. The van der Waals surface area contributed by atoms with Gasteiger partial charge in [0.15, 0.2) is 52.4 Å². The van der Waals surface area contributed by atoms with Crippen molar-refractivity contribution in [3.63, 3.8) is 0 Å². The SMILES string of the molecule is N#Cc1ccccc1-c1ccc(-c2cc(-c3nc(-c4ccccc4)nc(-c4ccccc4)n3)ccc2-n2c3ccccc3c3cc(-c4nc(-c5ccccc5)nc(-c5ccccc5)n4)ccc32)c(-n2c3ccccc3c3cc(-c4nc(-c5ccccc5)nc(-c5ccccc5)n4)ccc32)c1. The summed E-state index contributed by atoms with van der Waals surface area (Å²) in [5, 5.41) is 14.8. The Labute approximate surface area is 574 Å². The van der Waals surface area contributed by atoms with Gasteiger partial charge in [0.05, 0.1) is 45.1 Å². The van der Waals surface area contributed by atoms with E-state index in [-0.39, 0.29) is 0 Å². The summed E-state index contributed by atoms with van der Waals surface area (Å²) in [5.41, 5.74) is 17.4. The summed E-state index contributed by atoms with van der Waals surface area (Å²) in [6.45, 7) is 0. The number of nitrogens with zero attached hydrogens (tertiary/aromatic N) is 12. The van der Waals surface area contributed by atoms with Gasteiger partial charge in [-0.15, -0.1) is 0 Å². The molecular formula is C88H54N12. The van der Waals surface area contributed by atoms with Gasteiger partial charge >= 0.3 is 0 Å². The number of aromatic nitrogens is 11. The Hall–Kier alpha value is -14.0. The van der Waals surface area contributed by atoms with Crippen LogP contribution in [0, 0.1) is 11.3 Å². The van der Waals surface area contributed by atoms with Crippen LogP contribution in [0.1, 0.15) is 5.56 Å². The minimum Gasteiger partial charge on any atom is -0.309 e. The third kappa shape index (κ3) is 10.7. The molecule has 0 amide bonds. The molecule has 0 unspecified atom stereocenters. The molecule has 13 aromatic carbocycles. The normalized spacial score (nSPS) is 11.4. The van der Waals surface area contributed by atoms with Crippen LogP contribution in [0.4, 0.5) is 0 Å². The molecule has 18 rings (SSSR count). The Morgan fingerprint density at radius 2 is 0.500 bits per heavy atom. The van der Waals surface area contributed by atoms with E-state index in [0.29, 0.717) is 58.0 Å². The molecule has 0 saturated carbocycles. The van der Waals surface area contributed by atoms with Gasteiger partial charge in [0.1, 0.15) is 0 Å². The molecule has 0 aliphatic heterocycles. The fourth-order valence-corrected chi connectivity index (χ4v) is 13.6. The zero-order valence-corrected chi connectivity index (χ0v) is 53.5. The van der Waals surface area contributed by atoms with Gasteiger partial charge in [-0.25, -0.2) is 44.9 Å². The van der Waals surface area contributed by atoms with E-state index in [1.54, 1.807) is 0 Å². The van der Waals surface area contributed by atoms with E-state index < -0.39 is 0 Å². The van der Waals surface area contributed by atoms with Crippen LogP contribution in [-0.2, 0) is 0 Å². The Bertz CT molecular complexity index is 6040. The molecule has 100 heavy (non-hydrogen) atoms. The van der Waals surface area contributed by atoms with E-state index in [9.17, 15) is 5.26 Å². The van der Waals surface area contributed by atoms with Crippen LogP contribution in [0.2, 0.25) is 0 Å². The number of fused-ring (bicyclic) bond motifs is 6. The van der Waals surface area contributed by atoms with Gasteiger partial charge in [0.25, 0.3) is 0 Å². The Morgan fingerprint density at radius 3 is 0.890 bits per heavy atom. The Morgan fingerprint density at radius 1 is 0.200 bits per heavy atom. The van der Waals surface area contributed by atoms with Crippen LogP contribution < -0.4 is 0 Å². The average molecular weight is 1280 g/mol. The van der Waals surface area contributed by atoms with Crippen molar-refractivity contribution in [1.29, 1.82) is 5.26 Å². The van der Waals surface area contributed by atoms with Gasteiger partial charge in [-0.1, -0.05) is 249 Å². The number of hydrogen-bond acceptors (Lipinski definition) is 10. The first-order valence-electron chi connectivity index (χ1n) is 33.0. The Balaban J connectivity index is 0.897. The molecular weight excluding hydrogens is 1230 g/mol. The van der Waals surface area contributed by atoms with Crippen LogP contribution >= 0.6 is 0 Å². The highest BCUT2D eigenvalue weighted by molar-refractivity contribution is 6.13. The summed E-state index contributed by atoms with van der Waals surface area (Å²) in [6, 6.07) is 114. The standard InChI is InChI=1S/C88H54N12/c89-55-66-37-19-20-38-67(66)62-43-47-70(79(54-62)100-75-42-24-22-40-69(75)72-52-64(46-50-78(72)100)87-95-82(58-29-11-3-12-30-58)91-83(96-87)59-31-13-4-14-32-59)73-53-65(88-97-84(60-33-15-5-16-34-60)92-85(98-88)61-35-17-6-18-36-61)45-49-77(73)99-74-41-23-21-39-68(74)71-51-63(44-48-76(71)99)86-93-80(56-25-7-1-8-26-56)90-81(94-86)57-27-9-2-10-28-57/h1-54H. The summed E-state index contributed by atoms with van der Waals surface area (Å²) in [7, 11) is 0. The quantitative estimate of drug-likeness (QED) is 0.109. The van der Waals surface area contributed by atoms with Gasteiger partial charge in [-0.2, -0.15) is 5.26 Å². The van der Waals surface area contributed by atoms with Crippen molar-refractivity contribution in [3.8, 4) is 142 Å². The second-order valence-electron chi connectivity index (χ2n) is 24.4. The second-order valence-corrected chi connectivity index (χ2v) is 24.4. The van der Waals surface area contributed by atoms with Crippen molar-refractivity contribution in [3.05, 3.63) is 333 Å². The maximum atomic E-state index is 10.8. The largest absolute Gasteiger partial charge is 0.309 e. The zero-order valence-electron chi connectivity index (χ0n) is 53.5. The molecule has 5 aromatic heterocycles. The van der Waals surface area contributed by atoms with Crippen LogP contribution in [0.15, 0.2) is 328 Å². The molecule has 18 aromatic rings. The lowest BCUT2D eigenvalue weighted by atomic mass is 9.93. The van der Waals surface area contributed by atoms with Crippen LogP contribution in [0.25, 0.3) is 180 Å². The lowest BCUT2D eigenvalue weighted by molar-refractivity contribution is 1.07. The lowest BCUT2D eigenvalue weighted by Gasteiger charge is -2.21. The van der Waals surface area contributed by atoms with Crippen molar-refractivity contribution >= 4 is 43.6 Å².